The summed E-state index contributed by atoms with van der Waals surface area (Å²) in [6.45, 7) is 9.21. The molecule has 0 aliphatic carbocycles. The predicted molar refractivity (Wildman–Crippen MR) is 104 cm³/mol. The molecule has 5 heteroatoms. The minimum absolute atomic E-state index is 0.104. The van der Waals surface area contributed by atoms with Crippen molar-refractivity contribution in [3.63, 3.8) is 0 Å². The van der Waals surface area contributed by atoms with Crippen LogP contribution in [0.2, 0.25) is 0 Å². The van der Waals surface area contributed by atoms with Gasteiger partial charge in [-0.05, 0) is 43.2 Å². The lowest BCUT2D eigenvalue weighted by Crippen LogP contribution is -2.33. The number of ketones is 1. The zero-order chi connectivity index (χ0) is 19.9. The number of hydrogen-bond donors (Lipinski definition) is 1. The molecular weight excluding hydrogens is 340 g/mol. The van der Waals surface area contributed by atoms with E-state index in [1.165, 1.54) is 4.90 Å². The minimum atomic E-state index is -0.758. The third-order valence-electron chi connectivity index (χ3n) is 4.94. The van der Waals surface area contributed by atoms with Crippen LogP contribution in [0.3, 0.4) is 0 Å². The lowest BCUT2D eigenvalue weighted by Gasteiger charge is -2.29. The van der Waals surface area contributed by atoms with Crippen LogP contribution in [0, 0.1) is 19.3 Å². The highest BCUT2D eigenvalue weighted by Crippen LogP contribution is 2.43. The second kappa shape index (κ2) is 6.65. The zero-order valence-electron chi connectivity index (χ0n) is 16.3. The molecule has 0 saturated heterocycles. The van der Waals surface area contributed by atoms with E-state index in [2.05, 4.69) is 4.98 Å². The van der Waals surface area contributed by atoms with E-state index in [9.17, 15) is 14.7 Å². The fourth-order valence-corrected chi connectivity index (χ4v) is 3.30. The monoisotopic (exact) mass is 364 g/mol. The second-order valence-corrected chi connectivity index (χ2v) is 7.89. The molecule has 5 nitrogen and oxygen atoms in total. The SMILES string of the molecule is Cc1cccc(N2C(=O)C(O)=C(C(=O)C(C)(C)C)C2c2ccccn2)c1C. The number of rotatable bonds is 3. The Hall–Kier alpha value is -2.95. The summed E-state index contributed by atoms with van der Waals surface area (Å²) in [6, 6.07) is 10.2. The van der Waals surface area contributed by atoms with E-state index in [-0.39, 0.29) is 11.4 Å². The van der Waals surface area contributed by atoms with Gasteiger partial charge in [-0.2, -0.15) is 0 Å². The number of carbonyl (C=O) groups excluding carboxylic acids is 2. The molecule has 1 aliphatic heterocycles. The van der Waals surface area contributed by atoms with Crippen molar-refractivity contribution in [2.75, 3.05) is 4.90 Å². The minimum Gasteiger partial charge on any atom is -0.503 e. The molecule has 2 heterocycles. The number of aliphatic hydroxyl groups is 1. The summed E-state index contributed by atoms with van der Waals surface area (Å²) in [5.74, 6) is -1.34. The largest absolute Gasteiger partial charge is 0.503 e. The van der Waals surface area contributed by atoms with Crippen LogP contribution in [0.25, 0.3) is 0 Å². The third-order valence-corrected chi connectivity index (χ3v) is 4.94. The number of hydrogen-bond acceptors (Lipinski definition) is 4. The van der Waals surface area contributed by atoms with Crippen LogP contribution in [0.15, 0.2) is 53.9 Å². The standard InChI is InChI=1S/C22H24N2O3/c1-13-9-8-11-16(14(13)2)24-18(15-10-6-7-12-23-15)17(19(25)21(24)27)20(26)22(3,4)5/h6-12,18,25H,1-5H3. The number of anilines is 1. The van der Waals surface area contributed by atoms with Crippen LogP contribution >= 0.6 is 0 Å². The average molecular weight is 364 g/mol. The Bertz CT molecular complexity index is 940. The van der Waals surface area contributed by atoms with Gasteiger partial charge in [0, 0.05) is 17.3 Å². The number of amides is 1. The van der Waals surface area contributed by atoms with Crippen LogP contribution in [0.1, 0.15) is 43.6 Å². The van der Waals surface area contributed by atoms with Gasteiger partial charge < -0.3 is 5.11 Å². The van der Waals surface area contributed by atoms with Crippen molar-refractivity contribution >= 4 is 17.4 Å². The molecule has 1 N–H and O–H groups in total. The number of carbonyl (C=O) groups is 2. The molecule has 3 rings (SSSR count). The highest BCUT2D eigenvalue weighted by atomic mass is 16.3. The van der Waals surface area contributed by atoms with Gasteiger partial charge in [-0.25, -0.2) is 0 Å². The molecule has 1 amide bonds. The summed E-state index contributed by atoms with van der Waals surface area (Å²) in [4.78, 5) is 32.0. The van der Waals surface area contributed by atoms with Crippen molar-refractivity contribution in [2.45, 2.75) is 40.7 Å². The number of aryl methyl sites for hydroxylation is 1. The summed E-state index contributed by atoms with van der Waals surface area (Å²) < 4.78 is 0. The van der Waals surface area contributed by atoms with Crippen molar-refractivity contribution < 1.29 is 14.7 Å². The van der Waals surface area contributed by atoms with Gasteiger partial charge in [0.05, 0.1) is 11.3 Å². The molecule has 0 radical (unpaired) electrons. The second-order valence-electron chi connectivity index (χ2n) is 7.89. The quantitative estimate of drug-likeness (QED) is 0.885. The van der Waals surface area contributed by atoms with Crippen molar-refractivity contribution in [3.8, 4) is 0 Å². The van der Waals surface area contributed by atoms with Gasteiger partial charge in [-0.3, -0.25) is 19.5 Å². The number of pyridine rings is 1. The van der Waals surface area contributed by atoms with Crippen LogP contribution in [-0.2, 0) is 9.59 Å². The number of aliphatic hydroxyl groups excluding tert-OH is 1. The van der Waals surface area contributed by atoms with Crippen LogP contribution < -0.4 is 4.90 Å². The maximum Gasteiger partial charge on any atom is 0.294 e. The molecule has 2 aromatic rings. The van der Waals surface area contributed by atoms with Crippen molar-refractivity contribution in [1.82, 2.24) is 4.98 Å². The molecule has 0 spiro atoms. The van der Waals surface area contributed by atoms with Crippen LogP contribution in [-0.4, -0.2) is 21.8 Å². The van der Waals surface area contributed by atoms with Crippen molar-refractivity contribution in [2.24, 2.45) is 5.41 Å². The van der Waals surface area contributed by atoms with Crippen LogP contribution in [0.5, 0.6) is 0 Å². The Balaban J connectivity index is 2.25. The van der Waals surface area contributed by atoms with E-state index in [1.54, 1.807) is 39.1 Å². The summed E-state index contributed by atoms with van der Waals surface area (Å²) in [5.41, 5.74) is 2.52. The number of aromatic nitrogens is 1. The van der Waals surface area contributed by atoms with Gasteiger partial charge >= 0.3 is 0 Å². The highest BCUT2D eigenvalue weighted by molar-refractivity contribution is 6.17. The molecule has 0 saturated carbocycles. The Morgan fingerprint density at radius 3 is 2.41 bits per heavy atom. The Morgan fingerprint density at radius 2 is 1.81 bits per heavy atom. The fraction of sp³-hybridized carbons (Fsp3) is 0.318. The van der Waals surface area contributed by atoms with Gasteiger partial charge in [0.1, 0.15) is 6.04 Å². The molecule has 27 heavy (non-hydrogen) atoms. The molecule has 1 aromatic carbocycles. The first-order valence-corrected chi connectivity index (χ1v) is 8.93. The Morgan fingerprint density at radius 1 is 1.11 bits per heavy atom. The number of benzene rings is 1. The first kappa shape index (κ1) is 18.8. The van der Waals surface area contributed by atoms with E-state index >= 15 is 0 Å². The smallest absolute Gasteiger partial charge is 0.294 e. The highest BCUT2D eigenvalue weighted by Gasteiger charge is 2.47. The maximum atomic E-state index is 13.1. The van der Waals surface area contributed by atoms with Crippen LogP contribution in [0.4, 0.5) is 5.69 Å². The van der Waals surface area contributed by atoms with Crippen molar-refractivity contribution in [1.29, 1.82) is 0 Å². The number of nitrogens with zero attached hydrogens (tertiary/aromatic N) is 2. The molecule has 1 unspecified atom stereocenters. The zero-order valence-corrected chi connectivity index (χ0v) is 16.3. The van der Waals surface area contributed by atoms with Gasteiger partial charge in [0.15, 0.2) is 11.5 Å². The topological polar surface area (TPSA) is 70.5 Å². The molecular formula is C22H24N2O3. The maximum absolute atomic E-state index is 13.1. The molecule has 1 aromatic heterocycles. The fourth-order valence-electron chi connectivity index (χ4n) is 3.30. The molecule has 140 valence electrons. The van der Waals surface area contributed by atoms with E-state index in [1.807, 2.05) is 38.1 Å². The van der Waals surface area contributed by atoms with Crippen molar-refractivity contribution in [3.05, 3.63) is 70.7 Å². The summed E-state index contributed by atoms with van der Waals surface area (Å²) in [5, 5.41) is 10.7. The average Bonchev–Trinajstić information content (AvgIpc) is 2.88. The first-order valence-electron chi connectivity index (χ1n) is 8.93. The predicted octanol–water partition coefficient (Wildman–Crippen LogP) is 4.21. The first-order chi connectivity index (χ1) is 12.6. The lowest BCUT2D eigenvalue weighted by molar-refractivity contribution is -0.123. The third kappa shape index (κ3) is 3.14. The number of Topliss-reactive ketones (excluding diaryl/α,β-unsaturated/α-hetero) is 1. The Labute approximate surface area is 159 Å². The van der Waals surface area contributed by atoms with Gasteiger partial charge in [0.25, 0.3) is 5.91 Å². The summed E-state index contributed by atoms with van der Waals surface area (Å²) in [7, 11) is 0. The van der Waals surface area contributed by atoms with Gasteiger partial charge in [-0.1, -0.05) is 39.0 Å². The summed E-state index contributed by atoms with van der Waals surface area (Å²) in [6.07, 6.45) is 1.62. The molecule has 0 bridgehead atoms. The molecule has 1 aliphatic rings. The molecule has 0 fully saturated rings. The van der Waals surface area contributed by atoms with E-state index in [0.717, 1.165) is 11.1 Å². The van der Waals surface area contributed by atoms with Gasteiger partial charge in [-0.15, -0.1) is 0 Å². The lowest BCUT2D eigenvalue weighted by atomic mass is 9.83. The van der Waals surface area contributed by atoms with E-state index in [4.69, 9.17) is 0 Å². The van der Waals surface area contributed by atoms with E-state index in [0.29, 0.717) is 11.4 Å². The summed E-state index contributed by atoms with van der Waals surface area (Å²) >= 11 is 0. The van der Waals surface area contributed by atoms with Gasteiger partial charge in [0.2, 0.25) is 0 Å². The van der Waals surface area contributed by atoms with E-state index < -0.39 is 23.1 Å². The molecule has 1 atom stereocenters. The normalized spacial score (nSPS) is 17.6. The Kier molecular flexibility index (Phi) is 4.64.